The second-order valence-corrected chi connectivity index (χ2v) is 16.1. The van der Waals surface area contributed by atoms with E-state index in [-0.39, 0.29) is 37.4 Å². The van der Waals surface area contributed by atoms with Crippen LogP contribution >= 0.6 is 0 Å². The molecule has 3 aromatic rings. The number of hydrogen-bond donors (Lipinski definition) is 2. The molecule has 54 heavy (non-hydrogen) atoms. The molecule has 4 aliphatic rings. The number of nitrogens with one attached hydrogen (secondary N) is 2. The summed E-state index contributed by atoms with van der Waals surface area (Å²) < 4.78 is 9.97. The van der Waals surface area contributed by atoms with E-state index in [1.165, 1.54) is 44.2 Å². The van der Waals surface area contributed by atoms with Gasteiger partial charge in [0.1, 0.15) is 0 Å². The molecule has 0 bridgehead atoms. The Labute approximate surface area is 321 Å². The predicted molar refractivity (Wildman–Crippen MR) is 214 cm³/mol. The first kappa shape index (κ1) is 40.9. The molecule has 7 rings (SSSR count). The minimum absolute atomic E-state index is 0. The number of carbonyl (C=O) groups is 3. The van der Waals surface area contributed by atoms with Crippen LogP contribution in [-0.4, -0.2) is 120 Å². The molecule has 1 atom stereocenters. The fourth-order valence-electron chi connectivity index (χ4n) is 8.48. The first-order chi connectivity index (χ1) is 25.4. The number of aryl methyl sites for hydroxylation is 1. The van der Waals surface area contributed by atoms with Crippen LogP contribution in [0.5, 0.6) is 6.01 Å². The number of para-hydroxylation sites is 1. The van der Waals surface area contributed by atoms with Gasteiger partial charge in [0.2, 0.25) is 5.91 Å². The Morgan fingerprint density at radius 3 is 2.24 bits per heavy atom. The molecule has 3 fully saturated rings. The van der Waals surface area contributed by atoms with Crippen molar-refractivity contribution in [2.24, 2.45) is 11.3 Å². The third-order valence-electron chi connectivity index (χ3n) is 11.9. The molecule has 5 heterocycles. The molecule has 0 saturated carbocycles. The summed E-state index contributed by atoms with van der Waals surface area (Å²) in [4.78, 5) is 53.2. The van der Waals surface area contributed by atoms with Gasteiger partial charge in [0, 0.05) is 56.4 Å². The number of methoxy groups -OCH3 is 2. The number of H-pyrrole nitrogens is 1. The number of aromatic nitrogens is 2. The van der Waals surface area contributed by atoms with Gasteiger partial charge in [-0.15, -0.1) is 0 Å². The van der Waals surface area contributed by atoms with Crippen LogP contribution in [0.2, 0.25) is 0 Å². The number of aromatic amines is 1. The summed E-state index contributed by atoms with van der Waals surface area (Å²) in [6.45, 7) is 15.1. The van der Waals surface area contributed by atoms with Gasteiger partial charge < -0.3 is 39.4 Å². The van der Waals surface area contributed by atoms with Crippen molar-refractivity contribution in [3.63, 3.8) is 0 Å². The lowest BCUT2D eigenvalue weighted by Gasteiger charge is -2.44. The van der Waals surface area contributed by atoms with Gasteiger partial charge in [-0.1, -0.05) is 52.5 Å². The minimum atomic E-state index is -0.286. The second kappa shape index (κ2) is 17.9. The standard InChI is InChI=1S/C25H38N4O2.C16H21N3O3.CH4/c1-17-14-19(16-21-22(17)27-24(26-21)31-5)15-18(2)23(30)29-10-6-20(7-11-29)28-12-8-25(3,4)9-13-28;1-22-16(21)18-9-7-13(8-10-18)19-11-6-12-4-2-3-5-14(12)17-15(19)20;/h14,16,18,20H,6-13,15H2,1-5H3,(H,26,27);2-5,13H,6-11H2,1H3,(H,17,20);1H4/t18-;;/m1../s1. The maximum Gasteiger partial charge on any atom is 0.409 e. The Kier molecular flexibility index (Phi) is 13.5. The van der Waals surface area contributed by atoms with Gasteiger partial charge in [0.05, 0.1) is 25.3 Å². The largest absolute Gasteiger partial charge is 0.468 e. The Bertz CT molecular complexity index is 1730. The van der Waals surface area contributed by atoms with Crippen LogP contribution in [-0.2, 0) is 22.4 Å². The molecule has 0 spiro atoms. The number of nitrogens with zero attached hydrogens (tertiary/aromatic N) is 5. The molecule has 12 heteroatoms. The highest BCUT2D eigenvalue weighted by Gasteiger charge is 2.34. The highest BCUT2D eigenvalue weighted by atomic mass is 16.5. The topological polar surface area (TPSA) is 123 Å². The third kappa shape index (κ3) is 9.67. The summed E-state index contributed by atoms with van der Waals surface area (Å²) in [5.74, 6) is 0.271. The molecule has 0 aliphatic carbocycles. The summed E-state index contributed by atoms with van der Waals surface area (Å²) in [5, 5.41) is 3.00. The van der Waals surface area contributed by atoms with Crippen molar-refractivity contribution >= 4 is 34.8 Å². The Morgan fingerprint density at radius 1 is 0.926 bits per heavy atom. The van der Waals surface area contributed by atoms with Crippen LogP contribution in [0.25, 0.3) is 11.0 Å². The van der Waals surface area contributed by atoms with Crippen LogP contribution in [0.3, 0.4) is 0 Å². The lowest BCUT2D eigenvalue weighted by atomic mass is 9.82. The first-order valence-electron chi connectivity index (χ1n) is 19.5. The van der Waals surface area contributed by atoms with Crippen molar-refractivity contribution in [1.29, 1.82) is 0 Å². The van der Waals surface area contributed by atoms with E-state index in [4.69, 9.17) is 9.47 Å². The number of urea groups is 1. The molecule has 4 amide bonds. The summed E-state index contributed by atoms with van der Waals surface area (Å²) >= 11 is 0. The average molecular weight is 746 g/mol. The second-order valence-electron chi connectivity index (χ2n) is 16.1. The van der Waals surface area contributed by atoms with E-state index in [1.807, 2.05) is 23.1 Å². The molecule has 4 aliphatic heterocycles. The minimum Gasteiger partial charge on any atom is -0.468 e. The van der Waals surface area contributed by atoms with Crippen molar-refractivity contribution in [3.05, 3.63) is 53.1 Å². The number of carbonyl (C=O) groups excluding carboxylic acids is 3. The summed E-state index contributed by atoms with van der Waals surface area (Å²) in [7, 11) is 3.01. The van der Waals surface area contributed by atoms with Gasteiger partial charge in [-0.25, -0.2) is 9.59 Å². The number of rotatable bonds is 6. The summed E-state index contributed by atoms with van der Waals surface area (Å²) in [6, 6.07) is 13.5. The molecule has 1 aromatic heterocycles. The zero-order chi connectivity index (χ0) is 37.7. The predicted octanol–water partition coefficient (Wildman–Crippen LogP) is 7.12. The van der Waals surface area contributed by atoms with Crippen molar-refractivity contribution in [2.75, 3.05) is 65.3 Å². The fraction of sp³-hybridized carbons (Fsp3) is 0.619. The smallest absolute Gasteiger partial charge is 0.409 e. The van der Waals surface area contributed by atoms with Gasteiger partial charge in [0.15, 0.2) is 0 Å². The van der Waals surface area contributed by atoms with E-state index in [9.17, 15) is 14.4 Å². The summed E-state index contributed by atoms with van der Waals surface area (Å²) in [5.41, 5.74) is 6.75. The SMILES string of the molecule is C.COC(=O)N1CCC(N2CCc3ccccc3NC2=O)CC1.COc1nc2c(C)cc(C[C@@H](C)C(=O)N3CCC(N4CCC(C)(C)CC4)CC3)cc2[nH]1. The van der Waals surface area contributed by atoms with Gasteiger partial charge in [-0.2, -0.15) is 4.98 Å². The molecular weight excluding hydrogens is 683 g/mol. The molecule has 2 aromatic carbocycles. The first-order valence-corrected chi connectivity index (χ1v) is 19.5. The Balaban J connectivity index is 0.000000215. The van der Waals surface area contributed by atoms with E-state index >= 15 is 0 Å². The monoisotopic (exact) mass is 745 g/mol. The number of imidazole rings is 1. The molecule has 2 N–H and O–H groups in total. The Morgan fingerprint density at radius 2 is 1.57 bits per heavy atom. The van der Waals surface area contributed by atoms with Crippen LogP contribution in [0.4, 0.5) is 15.3 Å². The molecule has 3 saturated heterocycles. The lowest BCUT2D eigenvalue weighted by molar-refractivity contribution is -0.136. The molecule has 296 valence electrons. The third-order valence-corrected chi connectivity index (χ3v) is 11.9. The van der Waals surface area contributed by atoms with Gasteiger partial charge in [-0.3, -0.25) is 4.79 Å². The average Bonchev–Trinajstić information content (AvgIpc) is 3.51. The van der Waals surface area contributed by atoms with Crippen LogP contribution in [0, 0.1) is 18.3 Å². The number of likely N-dealkylation sites (tertiary alicyclic amines) is 3. The van der Waals surface area contributed by atoms with Gasteiger partial charge in [-0.05, 0) is 106 Å². The number of hydrogen-bond acceptors (Lipinski definition) is 7. The quantitative estimate of drug-likeness (QED) is 0.276. The maximum absolute atomic E-state index is 13.1. The van der Waals surface area contributed by atoms with E-state index < -0.39 is 0 Å². The number of piperidine rings is 3. The van der Waals surface area contributed by atoms with E-state index in [2.05, 4.69) is 71.0 Å². The number of amides is 4. The fourth-order valence-corrected chi connectivity index (χ4v) is 8.48. The zero-order valence-corrected chi connectivity index (χ0v) is 32.6. The number of anilines is 1. The van der Waals surface area contributed by atoms with E-state index in [0.29, 0.717) is 37.1 Å². The van der Waals surface area contributed by atoms with Crippen LogP contribution < -0.4 is 10.1 Å². The number of benzene rings is 2. The molecular formula is C42H63N7O5. The van der Waals surface area contributed by atoms with Crippen LogP contribution in [0.1, 0.15) is 83.4 Å². The highest BCUT2D eigenvalue weighted by Crippen LogP contribution is 2.33. The Hall–Kier alpha value is -4.32. The van der Waals surface area contributed by atoms with Gasteiger partial charge >= 0.3 is 12.1 Å². The van der Waals surface area contributed by atoms with Crippen molar-refractivity contribution < 1.29 is 23.9 Å². The van der Waals surface area contributed by atoms with Gasteiger partial charge in [0.25, 0.3) is 6.01 Å². The van der Waals surface area contributed by atoms with Crippen molar-refractivity contribution in [2.45, 2.75) is 98.6 Å². The number of fused-ring (bicyclic) bond motifs is 2. The zero-order valence-electron chi connectivity index (χ0n) is 32.6. The molecule has 0 radical (unpaired) electrons. The van der Waals surface area contributed by atoms with Crippen LogP contribution in [0.15, 0.2) is 36.4 Å². The highest BCUT2D eigenvalue weighted by molar-refractivity contribution is 5.91. The molecule has 0 unspecified atom stereocenters. The normalized spacial score (nSPS) is 20.1. The van der Waals surface area contributed by atoms with E-state index in [1.54, 1.807) is 12.0 Å². The summed E-state index contributed by atoms with van der Waals surface area (Å²) in [6.07, 6.45) is 7.69. The maximum atomic E-state index is 13.1. The van der Waals surface area contributed by atoms with E-state index in [0.717, 1.165) is 73.9 Å². The molecule has 12 nitrogen and oxygen atoms in total. The lowest BCUT2D eigenvalue weighted by Crippen LogP contribution is -2.50. The van der Waals surface area contributed by atoms with Crippen molar-refractivity contribution in [3.8, 4) is 6.01 Å². The van der Waals surface area contributed by atoms with Crippen molar-refractivity contribution in [1.82, 2.24) is 29.6 Å². The number of ether oxygens (including phenoxy) is 2.